The topological polar surface area (TPSA) is 76.4 Å². The number of ether oxygens (including phenoxy) is 1. The Bertz CT molecular complexity index is 697. The van der Waals surface area contributed by atoms with Gasteiger partial charge in [0, 0.05) is 38.3 Å². The molecule has 1 aliphatic rings. The highest BCUT2D eigenvalue weighted by molar-refractivity contribution is 14.0. The minimum atomic E-state index is -0.0958. The quantitative estimate of drug-likeness (QED) is 0.386. The van der Waals surface area contributed by atoms with Gasteiger partial charge < -0.3 is 15.4 Å². The van der Waals surface area contributed by atoms with E-state index in [0.717, 1.165) is 49.9 Å². The molecule has 8 heteroatoms. The normalized spacial score (nSPS) is 19.8. The summed E-state index contributed by atoms with van der Waals surface area (Å²) in [4.78, 5) is 13.1. The molecule has 1 atom stereocenters. The van der Waals surface area contributed by atoms with Crippen molar-refractivity contribution in [3.63, 3.8) is 0 Å². The zero-order valence-corrected chi connectivity index (χ0v) is 17.6. The first-order valence-corrected chi connectivity index (χ1v) is 8.78. The maximum atomic E-state index is 5.83. The third kappa shape index (κ3) is 5.66. The Balaban J connectivity index is 0.00000243. The molecule has 2 aromatic rings. The predicted octanol–water partition coefficient (Wildman–Crippen LogP) is 2.51. The van der Waals surface area contributed by atoms with Crippen LogP contribution in [0, 0.1) is 0 Å². The molecule has 2 aromatic heterocycles. The van der Waals surface area contributed by atoms with Gasteiger partial charge in [-0.25, -0.2) is 15.0 Å². The lowest BCUT2D eigenvalue weighted by Gasteiger charge is -2.24. The number of nitrogens with zero attached hydrogens (tertiary/aromatic N) is 4. The van der Waals surface area contributed by atoms with Crippen molar-refractivity contribution >= 4 is 29.9 Å². The van der Waals surface area contributed by atoms with E-state index in [2.05, 4.69) is 39.4 Å². The molecule has 3 rings (SSSR count). The summed E-state index contributed by atoms with van der Waals surface area (Å²) in [6, 6.07) is 4.00. The smallest absolute Gasteiger partial charge is 0.191 e. The molecular formula is C18H27IN6O. The number of nitrogens with one attached hydrogen (secondary N) is 2. The first-order valence-electron chi connectivity index (χ1n) is 8.78. The van der Waals surface area contributed by atoms with Gasteiger partial charge in [-0.15, -0.1) is 24.0 Å². The van der Waals surface area contributed by atoms with Gasteiger partial charge in [0.15, 0.2) is 5.96 Å². The van der Waals surface area contributed by atoms with Crippen molar-refractivity contribution in [2.45, 2.75) is 38.8 Å². The van der Waals surface area contributed by atoms with Crippen molar-refractivity contribution < 1.29 is 4.74 Å². The Hall–Kier alpha value is -1.68. The van der Waals surface area contributed by atoms with Crippen molar-refractivity contribution in [2.75, 3.05) is 19.7 Å². The molecule has 0 aromatic carbocycles. The Morgan fingerprint density at radius 1 is 1.38 bits per heavy atom. The lowest BCUT2D eigenvalue weighted by molar-refractivity contribution is 0.0243. The Labute approximate surface area is 171 Å². The maximum Gasteiger partial charge on any atom is 0.191 e. The molecule has 2 N–H and O–H groups in total. The lowest BCUT2D eigenvalue weighted by Crippen LogP contribution is -2.45. The van der Waals surface area contributed by atoms with Crippen LogP contribution in [0.2, 0.25) is 0 Å². The molecule has 1 saturated heterocycles. The summed E-state index contributed by atoms with van der Waals surface area (Å²) in [6.07, 6.45) is 9.36. The van der Waals surface area contributed by atoms with Crippen LogP contribution in [0.15, 0.2) is 42.0 Å². The van der Waals surface area contributed by atoms with Crippen LogP contribution < -0.4 is 10.6 Å². The summed E-state index contributed by atoms with van der Waals surface area (Å²) in [5, 5.41) is 6.69. The van der Waals surface area contributed by atoms with Crippen LogP contribution in [0.5, 0.6) is 0 Å². The first-order chi connectivity index (χ1) is 12.2. The summed E-state index contributed by atoms with van der Waals surface area (Å²) in [6.45, 7) is 7.22. The van der Waals surface area contributed by atoms with Crippen LogP contribution >= 0.6 is 24.0 Å². The third-order valence-corrected chi connectivity index (χ3v) is 4.27. The van der Waals surface area contributed by atoms with E-state index < -0.39 is 0 Å². The summed E-state index contributed by atoms with van der Waals surface area (Å²) in [5.74, 6) is 1.65. The van der Waals surface area contributed by atoms with Crippen LogP contribution in [0.1, 0.15) is 32.3 Å². The van der Waals surface area contributed by atoms with E-state index in [1.165, 1.54) is 0 Å². The second kappa shape index (κ2) is 9.86. The van der Waals surface area contributed by atoms with Crippen LogP contribution in [0.3, 0.4) is 0 Å². The van der Waals surface area contributed by atoms with Gasteiger partial charge in [-0.2, -0.15) is 0 Å². The number of aliphatic imine (C=N–C) groups is 1. The van der Waals surface area contributed by atoms with Gasteiger partial charge in [-0.05, 0) is 44.4 Å². The second-order valence-corrected chi connectivity index (χ2v) is 6.44. The summed E-state index contributed by atoms with van der Waals surface area (Å²) < 4.78 is 7.71. The van der Waals surface area contributed by atoms with Gasteiger partial charge >= 0.3 is 0 Å². The first kappa shape index (κ1) is 20.6. The summed E-state index contributed by atoms with van der Waals surface area (Å²) in [7, 11) is 0. The summed E-state index contributed by atoms with van der Waals surface area (Å²) in [5.41, 5.74) is 1.00. The zero-order chi connectivity index (χ0) is 17.5. The number of pyridine rings is 1. The van der Waals surface area contributed by atoms with Gasteiger partial charge in [-0.3, -0.25) is 4.57 Å². The number of guanidine groups is 1. The zero-order valence-electron chi connectivity index (χ0n) is 15.3. The largest absolute Gasteiger partial charge is 0.373 e. The fourth-order valence-corrected chi connectivity index (χ4v) is 2.85. The second-order valence-electron chi connectivity index (χ2n) is 6.44. The highest BCUT2D eigenvalue weighted by Crippen LogP contribution is 2.23. The van der Waals surface area contributed by atoms with Crippen molar-refractivity contribution in [3.05, 3.63) is 42.6 Å². The van der Waals surface area contributed by atoms with E-state index in [-0.39, 0.29) is 29.6 Å². The van der Waals surface area contributed by atoms with E-state index >= 15 is 0 Å². The van der Waals surface area contributed by atoms with Crippen molar-refractivity contribution in [2.24, 2.45) is 4.99 Å². The monoisotopic (exact) mass is 470 g/mol. The number of hydrogen-bond donors (Lipinski definition) is 2. The van der Waals surface area contributed by atoms with Gasteiger partial charge in [0.2, 0.25) is 0 Å². The van der Waals surface area contributed by atoms with Crippen molar-refractivity contribution in [1.29, 1.82) is 0 Å². The SMILES string of the molecule is CCNC(=NCc1ccnc(-n2ccnc2)c1)NCC1(C)CCCO1.I. The Kier molecular flexibility index (Phi) is 7.83. The number of halogens is 1. The van der Waals surface area contributed by atoms with Gasteiger partial charge in [0.1, 0.15) is 12.1 Å². The van der Waals surface area contributed by atoms with Crippen LogP contribution in [-0.4, -0.2) is 45.8 Å². The van der Waals surface area contributed by atoms with Gasteiger partial charge in [0.05, 0.1) is 12.1 Å². The van der Waals surface area contributed by atoms with Gasteiger partial charge in [-0.1, -0.05) is 0 Å². The predicted molar refractivity (Wildman–Crippen MR) is 113 cm³/mol. The van der Waals surface area contributed by atoms with E-state index in [0.29, 0.717) is 6.54 Å². The maximum absolute atomic E-state index is 5.83. The molecular weight excluding hydrogens is 443 g/mol. The number of hydrogen-bond acceptors (Lipinski definition) is 4. The fourth-order valence-electron chi connectivity index (χ4n) is 2.85. The molecule has 0 saturated carbocycles. The molecule has 0 radical (unpaired) electrons. The van der Waals surface area contributed by atoms with Crippen LogP contribution in [0.4, 0.5) is 0 Å². The van der Waals surface area contributed by atoms with Crippen molar-refractivity contribution in [1.82, 2.24) is 25.2 Å². The average molecular weight is 470 g/mol. The standard InChI is InChI=1S/C18H26N6O.HI/c1-3-20-17(23-13-18(2)6-4-10-25-18)22-12-15-5-7-21-16(11-15)24-9-8-19-14-24;/h5,7-9,11,14H,3-4,6,10,12-13H2,1-2H3,(H2,20,22,23);1H. The minimum Gasteiger partial charge on any atom is -0.373 e. The Morgan fingerprint density at radius 2 is 2.27 bits per heavy atom. The number of rotatable bonds is 6. The lowest BCUT2D eigenvalue weighted by atomic mass is 10.0. The molecule has 142 valence electrons. The highest BCUT2D eigenvalue weighted by Gasteiger charge is 2.29. The molecule has 3 heterocycles. The van der Waals surface area contributed by atoms with Crippen LogP contribution in [0.25, 0.3) is 5.82 Å². The average Bonchev–Trinajstić information content (AvgIpc) is 3.30. The van der Waals surface area contributed by atoms with E-state index in [1.54, 1.807) is 18.7 Å². The third-order valence-electron chi connectivity index (χ3n) is 4.27. The molecule has 0 aliphatic carbocycles. The molecule has 1 aliphatic heterocycles. The van der Waals surface area contributed by atoms with Gasteiger partial charge in [0.25, 0.3) is 0 Å². The highest BCUT2D eigenvalue weighted by atomic mass is 127. The van der Waals surface area contributed by atoms with E-state index in [9.17, 15) is 0 Å². The molecule has 0 bridgehead atoms. The Morgan fingerprint density at radius 3 is 2.96 bits per heavy atom. The summed E-state index contributed by atoms with van der Waals surface area (Å²) >= 11 is 0. The number of aromatic nitrogens is 3. The minimum absolute atomic E-state index is 0. The van der Waals surface area contributed by atoms with E-state index in [4.69, 9.17) is 4.74 Å². The molecule has 26 heavy (non-hydrogen) atoms. The molecule has 1 unspecified atom stereocenters. The molecule has 1 fully saturated rings. The van der Waals surface area contributed by atoms with E-state index in [1.807, 2.05) is 22.9 Å². The van der Waals surface area contributed by atoms with Crippen molar-refractivity contribution in [3.8, 4) is 5.82 Å². The molecule has 7 nitrogen and oxygen atoms in total. The van der Waals surface area contributed by atoms with Crippen LogP contribution in [-0.2, 0) is 11.3 Å². The molecule has 0 spiro atoms. The molecule has 0 amide bonds. The fraction of sp³-hybridized carbons (Fsp3) is 0.500. The number of imidazole rings is 1.